The van der Waals surface area contributed by atoms with Crippen molar-refractivity contribution >= 4 is 11.7 Å². The number of hydrogen-bond acceptors (Lipinski definition) is 3. The van der Waals surface area contributed by atoms with E-state index in [-0.39, 0.29) is 24.3 Å². The Hall–Kier alpha value is -2.62. The Balaban J connectivity index is 1.89. The molecule has 0 spiro atoms. The van der Waals surface area contributed by atoms with Crippen LogP contribution in [-0.4, -0.2) is 18.3 Å². The smallest absolute Gasteiger partial charge is 0.258 e. The Morgan fingerprint density at radius 2 is 1.68 bits per heavy atom. The highest BCUT2D eigenvalue weighted by atomic mass is 16.5. The molecule has 0 aliphatic heterocycles. The predicted octanol–water partition coefficient (Wildman–Crippen LogP) is 4.32. The van der Waals surface area contributed by atoms with E-state index in [1.54, 1.807) is 24.3 Å². The average Bonchev–Trinajstić information content (AvgIpc) is 2.66. The summed E-state index contributed by atoms with van der Waals surface area (Å²) < 4.78 is 5.53. The van der Waals surface area contributed by atoms with Gasteiger partial charge in [-0.25, -0.2) is 0 Å². The number of amides is 1. The van der Waals surface area contributed by atoms with Crippen molar-refractivity contribution in [1.82, 2.24) is 5.32 Å². The highest BCUT2D eigenvalue weighted by Crippen LogP contribution is 2.18. The minimum Gasteiger partial charge on any atom is -0.484 e. The predicted molar refractivity (Wildman–Crippen MR) is 98.8 cm³/mol. The molecule has 0 saturated carbocycles. The van der Waals surface area contributed by atoms with Gasteiger partial charge in [-0.3, -0.25) is 9.59 Å². The van der Waals surface area contributed by atoms with Crippen molar-refractivity contribution in [3.63, 3.8) is 0 Å². The third-order valence-corrected chi connectivity index (χ3v) is 3.98. The van der Waals surface area contributed by atoms with E-state index in [0.29, 0.717) is 17.7 Å². The molecule has 2 aromatic carbocycles. The maximum absolute atomic E-state index is 12.2. The van der Waals surface area contributed by atoms with Crippen molar-refractivity contribution in [3.8, 4) is 5.75 Å². The molecule has 0 radical (unpaired) electrons. The minimum absolute atomic E-state index is 0.00754. The summed E-state index contributed by atoms with van der Waals surface area (Å²) in [6, 6.07) is 16.8. The summed E-state index contributed by atoms with van der Waals surface area (Å²) >= 11 is 0. The van der Waals surface area contributed by atoms with E-state index in [0.717, 1.165) is 18.4 Å². The second-order valence-corrected chi connectivity index (χ2v) is 5.91. The number of carbonyl (C=O) groups is 2. The van der Waals surface area contributed by atoms with Gasteiger partial charge in [0, 0.05) is 12.0 Å². The van der Waals surface area contributed by atoms with Gasteiger partial charge in [0.15, 0.2) is 12.4 Å². The van der Waals surface area contributed by atoms with Gasteiger partial charge < -0.3 is 10.1 Å². The Morgan fingerprint density at radius 1 is 1.00 bits per heavy atom. The quantitative estimate of drug-likeness (QED) is 0.692. The molecule has 0 aromatic heterocycles. The highest BCUT2D eigenvalue weighted by Gasteiger charge is 2.14. The van der Waals surface area contributed by atoms with Crippen molar-refractivity contribution in [2.24, 2.45) is 0 Å². The zero-order valence-corrected chi connectivity index (χ0v) is 14.8. The molecule has 0 bridgehead atoms. The summed E-state index contributed by atoms with van der Waals surface area (Å²) in [5.41, 5.74) is 1.76. The van der Waals surface area contributed by atoms with Crippen LogP contribution in [0.25, 0.3) is 0 Å². The van der Waals surface area contributed by atoms with Crippen LogP contribution in [0.4, 0.5) is 0 Å². The van der Waals surface area contributed by atoms with Gasteiger partial charge in [0.05, 0.1) is 6.04 Å². The largest absolute Gasteiger partial charge is 0.484 e. The van der Waals surface area contributed by atoms with E-state index in [2.05, 4.69) is 12.2 Å². The topological polar surface area (TPSA) is 55.4 Å². The van der Waals surface area contributed by atoms with Crippen LogP contribution in [0.3, 0.4) is 0 Å². The van der Waals surface area contributed by atoms with Crippen molar-refractivity contribution in [1.29, 1.82) is 0 Å². The maximum Gasteiger partial charge on any atom is 0.258 e. The molecule has 1 atom stereocenters. The molecule has 1 N–H and O–H groups in total. The van der Waals surface area contributed by atoms with Crippen LogP contribution in [0, 0.1) is 0 Å². The Morgan fingerprint density at radius 3 is 2.28 bits per heavy atom. The van der Waals surface area contributed by atoms with Crippen LogP contribution < -0.4 is 10.1 Å². The molecule has 1 amide bonds. The maximum atomic E-state index is 12.2. The zero-order chi connectivity index (χ0) is 18.1. The summed E-state index contributed by atoms with van der Waals surface area (Å²) in [5, 5.41) is 3.03. The van der Waals surface area contributed by atoms with Gasteiger partial charge in [-0.1, -0.05) is 50.6 Å². The summed E-state index contributed by atoms with van der Waals surface area (Å²) in [6.45, 7) is 3.88. The first-order chi connectivity index (χ1) is 12.1. The van der Waals surface area contributed by atoms with Crippen LogP contribution in [0.5, 0.6) is 5.75 Å². The van der Waals surface area contributed by atoms with Gasteiger partial charge >= 0.3 is 0 Å². The lowest BCUT2D eigenvalue weighted by atomic mass is 10.0. The second-order valence-electron chi connectivity index (χ2n) is 5.91. The molecule has 4 heteroatoms. The number of hydrogen-bond donors (Lipinski definition) is 1. The molecule has 2 rings (SSSR count). The van der Waals surface area contributed by atoms with E-state index in [9.17, 15) is 9.59 Å². The number of ether oxygens (including phenoxy) is 1. The molecule has 132 valence electrons. The molecule has 25 heavy (non-hydrogen) atoms. The van der Waals surface area contributed by atoms with E-state index in [4.69, 9.17) is 4.74 Å². The first-order valence-corrected chi connectivity index (χ1v) is 8.74. The first kappa shape index (κ1) is 18.7. The van der Waals surface area contributed by atoms with Gasteiger partial charge in [-0.05, 0) is 36.2 Å². The number of carbonyl (C=O) groups excluding carboxylic acids is 2. The molecule has 0 aliphatic rings. The minimum atomic E-state index is -0.156. The zero-order valence-electron chi connectivity index (χ0n) is 14.8. The number of rotatable bonds is 9. The summed E-state index contributed by atoms with van der Waals surface area (Å²) in [4.78, 5) is 23.8. The van der Waals surface area contributed by atoms with Gasteiger partial charge in [0.25, 0.3) is 5.91 Å². The highest BCUT2D eigenvalue weighted by molar-refractivity contribution is 5.95. The van der Waals surface area contributed by atoms with Crippen LogP contribution in [0.2, 0.25) is 0 Å². The molecule has 0 fully saturated rings. The third kappa shape index (κ3) is 5.75. The lowest BCUT2D eigenvalue weighted by molar-refractivity contribution is -0.123. The molecule has 0 saturated heterocycles. The first-order valence-electron chi connectivity index (χ1n) is 8.74. The van der Waals surface area contributed by atoms with Crippen molar-refractivity contribution < 1.29 is 14.3 Å². The normalized spacial score (nSPS) is 11.6. The monoisotopic (exact) mass is 339 g/mol. The molecule has 0 unspecified atom stereocenters. The van der Waals surface area contributed by atoms with E-state index >= 15 is 0 Å². The van der Waals surface area contributed by atoms with Crippen molar-refractivity contribution in [2.45, 2.75) is 39.2 Å². The molecule has 2 aromatic rings. The lowest BCUT2D eigenvalue weighted by Crippen LogP contribution is -2.32. The number of ketones is 1. The van der Waals surface area contributed by atoms with Crippen molar-refractivity contribution in [2.75, 3.05) is 6.61 Å². The van der Waals surface area contributed by atoms with Crippen LogP contribution in [-0.2, 0) is 4.79 Å². The summed E-state index contributed by atoms with van der Waals surface area (Å²) in [7, 11) is 0. The standard InChI is InChI=1S/C21H25NO3/c1-3-8-19(16-9-6-5-7-10-16)22-21(24)15-25-18-13-11-17(12-14-18)20(23)4-2/h5-7,9-14,19H,3-4,8,15H2,1-2H3,(H,22,24)/t19-/m1/s1. The van der Waals surface area contributed by atoms with Crippen LogP contribution >= 0.6 is 0 Å². The Kier molecular flexibility index (Phi) is 7.20. The van der Waals surface area contributed by atoms with Gasteiger partial charge in [-0.15, -0.1) is 0 Å². The average molecular weight is 339 g/mol. The van der Waals surface area contributed by atoms with Crippen LogP contribution in [0.1, 0.15) is 55.1 Å². The summed E-state index contributed by atoms with van der Waals surface area (Å²) in [5.74, 6) is 0.514. The fourth-order valence-electron chi connectivity index (χ4n) is 2.62. The Bertz CT molecular complexity index is 680. The van der Waals surface area contributed by atoms with Gasteiger partial charge in [0.1, 0.15) is 5.75 Å². The Labute approximate surface area is 149 Å². The van der Waals surface area contributed by atoms with Crippen molar-refractivity contribution in [3.05, 3.63) is 65.7 Å². The molecule has 0 aliphatic carbocycles. The van der Waals surface area contributed by atoms with Crippen LogP contribution in [0.15, 0.2) is 54.6 Å². The number of Topliss-reactive ketones (excluding diaryl/α,β-unsaturated/α-hetero) is 1. The lowest BCUT2D eigenvalue weighted by Gasteiger charge is -2.18. The number of nitrogens with one attached hydrogen (secondary N) is 1. The molecular formula is C21H25NO3. The molecular weight excluding hydrogens is 314 g/mol. The van der Waals surface area contributed by atoms with Gasteiger partial charge in [-0.2, -0.15) is 0 Å². The van der Waals surface area contributed by atoms with E-state index in [1.807, 2.05) is 37.3 Å². The van der Waals surface area contributed by atoms with E-state index in [1.165, 1.54) is 0 Å². The second kappa shape index (κ2) is 9.62. The molecule has 0 heterocycles. The van der Waals surface area contributed by atoms with Gasteiger partial charge in [0.2, 0.25) is 0 Å². The van der Waals surface area contributed by atoms with E-state index < -0.39 is 0 Å². The third-order valence-electron chi connectivity index (χ3n) is 3.98. The SMILES string of the molecule is CCC[C@@H](NC(=O)COc1ccc(C(=O)CC)cc1)c1ccccc1. The fraction of sp³-hybridized carbons (Fsp3) is 0.333. The summed E-state index contributed by atoms with van der Waals surface area (Å²) in [6.07, 6.45) is 2.33. The fourth-order valence-corrected chi connectivity index (χ4v) is 2.62. The molecule has 4 nitrogen and oxygen atoms in total. The number of benzene rings is 2.